The van der Waals surface area contributed by atoms with Crippen LogP contribution in [0.5, 0.6) is 11.5 Å². The van der Waals surface area contributed by atoms with Gasteiger partial charge in [-0.15, -0.1) is 0 Å². The molecule has 24 heavy (non-hydrogen) atoms. The van der Waals surface area contributed by atoms with Gasteiger partial charge in [-0.1, -0.05) is 0 Å². The van der Waals surface area contributed by atoms with Crippen molar-refractivity contribution < 1.29 is 19.4 Å². The number of nitrogens with zero attached hydrogens (tertiary/aromatic N) is 2. The molecule has 1 amide bonds. The zero-order valence-corrected chi connectivity index (χ0v) is 12.7. The Bertz CT molecular complexity index is 806. The molecule has 6 heteroatoms. The van der Waals surface area contributed by atoms with E-state index in [1.807, 2.05) is 6.07 Å². The summed E-state index contributed by atoms with van der Waals surface area (Å²) in [7, 11) is 0. The molecule has 1 aliphatic rings. The van der Waals surface area contributed by atoms with Crippen LogP contribution in [0.2, 0.25) is 0 Å². The minimum Gasteiger partial charge on any atom is -0.481 e. The van der Waals surface area contributed by atoms with Gasteiger partial charge >= 0.3 is 5.97 Å². The summed E-state index contributed by atoms with van der Waals surface area (Å²) in [6.45, 7) is 0.185. The van der Waals surface area contributed by atoms with Crippen LogP contribution in [0.1, 0.15) is 12.0 Å². The second-order valence-electron chi connectivity index (χ2n) is 5.48. The highest BCUT2D eigenvalue weighted by Gasteiger charge is 2.34. The number of nitriles is 1. The van der Waals surface area contributed by atoms with Crippen molar-refractivity contribution in [3.63, 3.8) is 0 Å². The Labute approximate surface area is 138 Å². The minimum absolute atomic E-state index is 0.0266. The normalized spacial score (nSPS) is 16.7. The van der Waals surface area contributed by atoms with Gasteiger partial charge in [0.05, 0.1) is 17.6 Å². The monoisotopic (exact) mass is 322 g/mol. The fourth-order valence-electron chi connectivity index (χ4n) is 2.55. The van der Waals surface area contributed by atoms with Gasteiger partial charge in [0.1, 0.15) is 11.5 Å². The van der Waals surface area contributed by atoms with E-state index in [2.05, 4.69) is 0 Å². The zero-order valence-electron chi connectivity index (χ0n) is 12.7. The molecule has 6 nitrogen and oxygen atoms in total. The fourth-order valence-corrected chi connectivity index (χ4v) is 2.55. The number of amides is 1. The summed E-state index contributed by atoms with van der Waals surface area (Å²) in [6.07, 6.45) is 0.0266. The van der Waals surface area contributed by atoms with Crippen molar-refractivity contribution in [1.82, 2.24) is 0 Å². The smallest absolute Gasteiger partial charge is 0.308 e. The predicted octanol–water partition coefficient (Wildman–Crippen LogP) is 2.79. The van der Waals surface area contributed by atoms with Crippen LogP contribution in [0.3, 0.4) is 0 Å². The van der Waals surface area contributed by atoms with Crippen molar-refractivity contribution in [2.24, 2.45) is 5.92 Å². The Balaban J connectivity index is 1.70. The summed E-state index contributed by atoms with van der Waals surface area (Å²) < 4.78 is 5.67. The summed E-state index contributed by atoms with van der Waals surface area (Å²) in [5, 5.41) is 17.8. The minimum atomic E-state index is -0.952. The summed E-state index contributed by atoms with van der Waals surface area (Å²) in [5.41, 5.74) is 1.20. The first-order valence-electron chi connectivity index (χ1n) is 7.38. The number of carbonyl (C=O) groups is 2. The largest absolute Gasteiger partial charge is 0.481 e. The molecule has 1 saturated heterocycles. The molecule has 1 fully saturated rings. The molecule has 0 aromatic heterocycles. The van der Waals surface area contributed by atoms with Crippen molar-refractivity contribution in [3.05, 3.63) is 54.1 Å². The van der Waals surface area contributed by atoms with Gasteiger partial charge in [0, 0.05) is 18.7 Å². The second kappa shape index (κ2) is 6.42. The third-order valence-electron chi connectivity index (χ3n) is 3.84. The highest BCUT2D eigenvalue weighted by atomic mass is 16.5. The van der Waals surface area contributed by atoms with E-state index in [1.54, 1.807) is 48.5 Å². The number of ether oxygens (including phenoxy) is 1. The maximum absolute atomic E-state index is 11.9. The van der Waals surface area contributed by atoms with Crippen LogP contribution in [0, 0.1) is 17.2 Å². The van der Waals surface area contributed by atoms with E-state index in [0.717, 1.165) is 0 Å². The molecule has 1 atom stereocenters. The van der Waals surface area contributed by atoms with Crippen LogP contribution < -0.4 is 9.64 Å². The molecule has 0 aliphatic carbocycles. The molecule has 0 bridgehead atoms. The Morgan fingerprint density at radius 2 is 1.71 bits per heavy atom. The fraction of sp³-hybridized carbons (Fsp3) is 0.167. The van der Waals surface area contributed by atoms with Crippen LogP contribution in [0.15, 0.2) is 48.5 Å². The lowest BCUT2D eigenvalue weighted by molar-refractivity contribution is -0.141. The molecule has 1 N–H and O–H groups in total. The highest BCUT2D eigenvalue weighted by molar-refractivity contribution is 5.99. The first-order valence-corrected chi connectivity index (χ1v) is 7.38. The molecule has 2 aromatic carbocycles. The molecule has 1 heterocycles. The third-order valence-corrected chi connectivity index (χ3v) is 3.84. The van der Waals surface area contributed by atoms with Crippen molar-refractivity contribution in [3.8, 4) is 17.6 Å². The first-order chi connectivity index (χ1) is 11.6. The van der Waals surface area contributed by atoms with E-state index in [0.29, 0.717) is 22.7 Å². The standard InChI is InChI=1S/C18H14N2O4/c19-10-12-1-5-15(6-2-12)24-16-7-3-14(4-8-16)20-11-13(18(22)23)9-17(20)21/h1-8,13H,9,11H2,(H,22,23). The van der Waals surface area contributed by atoms with Crippen molar-refractivity contribution in [2.75, 3.05) is 11.4 Å². The number of carboxylic acids is 1. The number of carbonyl (C=O) groups excluding carboxylic acids is 1. The third kappa shape index (κ3) is 3.20. The maximum Gasteiger partial charge on any atom is 0.308 e. The molecular weight excluding hydrogens is 308 g/mol. The molecule has 120 valence electrons. The molecule has 2 aromatic rings. The van der Waals surface area contributed by atoms with Gasteiger partial charge in [-0.25, -0.2) is 0 Å². The van der Waals surface area contributed by atoms with Gasteiger partial charge < -0.3 is 14.7 Å². The van der Waals surface area contributed by atoms with Crippen LogP contribution in [-0.2, 0) is 9.59 Å². The van der Waals surface area contributed by atoms with Crippen LogP contribution in [0.4, 0.5) is 5.69 Å². The lowest BCUT2D eigenvalue weighted by Crippen LogP contribution is -2.25. The van der Waals surface area contributed by atoms with Gasteiger partial charge in [0.15, 0.2) is 0 Å². The van der Waals surface area contributed by atoms with Gasteiger partial charge in [-0.05, 0) is 48.5 Å². The number of hydrogen-bond acceptors (Lipinski definition) is 4. The molecule has 0 saturated carbocycles. The summed E-state index contributed by atoms with van der Waals surface area (Å²) in [5.74, 6) is -0.614. The van der Waals surface area contributed by atoms with E-state index in [-0.39, 0.29) is 18.9 Å². The van der Waals surface area contributed by atoms with E-state index in [9.17, 15) is 9.59 Å². The molecular formula is C18H14N2O4. The lowest BCUT2D eigenvalue weighted by Gasteiger charge is -2.16. The SMILES string of the molecule is N#Cc1ccc(Oc2ccc(N3CC(C(=O)O)CC3=O)cc2)cc1. The van der Waals surface area contributed by atoms with Gasteiger partial charge in [-0.2, -0.15) is 5.26 Å². The van der Waals surface area contributed by atoms with Crippen LogP contribution in [-0.4, -0.2) is 23.5 Å². The van der Waals surface area contributed by atoms with Crippen LogP contribution in [0.25, 0.3) is 0 Å². The molecule has 1 unspecified atom stereocenters. The molecule has 1 aliphatic heterocycles. The van der Waals surface area contributed by atoms with E-state index < -0.39 is 11.9 Å². The van der Waals surface area contributed by atoms with E-state index in [1.165, 1.54) is 4.90 Å². The number of carboxylic acid groups (broad SMARTS) is 1. The van der Waals surface area contributed by atoms with Crippen LogP contribution >= 0.6 is 0 Å². The van der Waals surface area contributed by atoms with Gasteiger partial charge in [-0.3, -0.25) is 9.59 Å². The second-order valence-corrected chi connectivity index (χ2v) is 5.48. The first kappa shape index (κ1) is 15.6. The Morgan fingerprint density at radius 3 is 2.21 bits per heavy atom. The zero-order chi connectivity index (χ0) is 17.1. The highest BCUT2D eigenvalue weighted by Crippen LogP contribution is 2.28. The van der Waals surface area contributed by atoms with E-state index in [4.69, 9.17) is 15.1 Å². The van der Waals surface area contributed by atoms with Crippen molar-refractivity contribution >= 4 is 17.6 Å². The number of aliphatic carboxylic acids is 1. The lowest BCUT2D eigenvalue weighted by atomic mass is 10.1. The average Bonchev–Trinajstić information content (AvgIpc) is 2.98. The van der Waals surface area contributed by atoms with Crippen molar-refractivity contribution in [1.29, 1.82) is 5.26 Å². The Kier molecular flexibility index (Phi) is 4.17. The number of benzene rings is 2. The number of rotatable bonds is 4. The number of hydrogen-bond donors (Lipinski definition) is 1. The summed E-state index contributed by atoms with van der Waals surface area (Å²) in [6, 6.07) is 15.7. The molecule has 0 radical (unpaired) electrons. The molecule has 0 spiro atoms. The van der Waals surface area contributed by atoms with Crippen molar-refractivity contribution in [2.45, 2.75) is 6.42 Å². The Hall–Kier alpha value is -3.33. The summed E-state index contributed by atoms with van der Waals surface area (Å²) in [4.78, 5) is 24.4. The summed E-state index contributed by atoms with van der Waals surface area (Å²) >= 11 is 0. The number of anilines is 1. The maximum atomic E-state index is 11.9. The quantitative estimate of drug-likeness (QED) is 0.934. The van der Waals surface area contributed by atoms with E-state index >= 15 is 0 Å². The average molecular weight is 322 g/mol. The Morgan fingerprint density at radius 1 is 1.12 bits per heavy atom. The molecule has 3 rings (SSSR count). The van der Waals surface area contributed by atoms with Gasteiger partial charge in [0.2, 0.25) is 5.91 Å². The topological polar surface area (TPSA) is 90.6 Å². The van der Waals surface area contributed by atoms with Gasteiger partial charge in [0.25, 0.3) is 0 Å². The predicted molar refractivity (Wildman–Crippen MR) is 85.8 cm³/mol.